The fourth-order valence-corrected chi connectivity index (χ4v) is 3.16. The molecule has 0 radical (unpaired) electrons. The molecule has 0 unspecified atom stereocenters. The summed E-state index contributed by atoms with van der Waals surface area (Å²) in [6, 6.07) is 14.2. The zero-order valence-corrected chi connectivity index (χ0v) is 15.7. The van der Waals surface area contributed by atoms with Crippen molar-refractivity contribution in [3.63, 3.8) is 0 Å². The molecule has 4 nitrogen and oxygen atoms in total. The highest BCUT2D eigenvalue weighted by atomic mass is 127. The van der Waals surface area contributed by atoms with E-state index < -0.39 is 5.91 Å². The lowest BCUT2D eigenvalue weighted by atomic mass is 10.1. The summed E-state index contributed by atoms with van der Waals surface area (Å²) < 4.78 is 0.543. The molecule has 0 saturated carbocycles. The van der Waals surface area contributed by atoms with Gasteiger partial charge in [-0.05, 0) is 53.3 Å². The Morgan fingerprint density at radius 3 is 2.67 bits per heavy atom. The van der Waals surface area contributed by atoms with E-state index in [1.165, 1.54) is 12.1 Å². The van der Waals surface area contributed by atoms with Crippen molar-refractivity contribution in [1.82, 2.24) is 5.32 Å². The second-order valence-corrected chi connectivity index (χ2v) is 6.70. The van der Waals surface area contributed by atoms with E-state index in [4.69, 9.17) is 11.6 Å². The van der Waals surface area contributed by atoms with Crippen molar-refractivity contribution < 1.29 is 9.90 Å². The molecule has 0 fully saturated rings. The van der Waals surface area contributed by atoms with Gasteiger partial charge in [-0.1, -0.05) is 41.9 Å². The van der Waals surface area contributed by atoms with E-state index in [1.54, 1.807) is 6.07 Å². The number of phenolic OH excluding ortho intramolecular Hbond substituents is 1. The number of hydrogen-bond donors (Lipinski definition) is 2. The molecular formula is C18H14ClIN2O2. The number of nitrogens with zero attached hydrogens (tertiary/aromatic N) is 1. The lowest BCUT2D eigenvalue weighted by Crippen LogP contribution is -2.27. The number of carbonyl (C=O) groups excluding carboxylic acids is 1. The van der Waals surface area contributed by atoms with Crippen molar-refractivity contribution >= 4 is 46.2 Å². The third kappa shape index (κ3) is 4.49. The molecular weight excluding hydrogens is 439 g/mol. The number of nitriles is 1. The topological polar surface area (TPSA) is 73.1 Å². The Kier molecular flexibility index (Phi) is 6.23. The molecule has 2 rings (SSSR count). The van der Waals surface area contributed by atoms with Crippen LogP contribution in [-0.4, -0.2) is 11.0 Å². The van der Waals surface area contributed by atoms with Crippen molar-refractivity contribution in [3.8, 4) is 11.8 Å². The van der Waals surface area contributed by atoms with Gasteiger partial charge in [0.25, 0.3) is 5.91 Å². The van der Waals surface area contributed by atoms with Crippen LogP contribution in [0, 0.1) is 14.9 Å². The number of rotatable bonds is 4. The Hall–Kier alpha value is -2.04. The number of halogens is 2. The number of nitrogens with one attached hydrogen (secondary N) is 1. The molecule has 122 valence electrons. The first-order valence-corrected chi connectivity index (χ1v) is 8.53. The molecule has 1 amide bonds. The van der Waals surface area contributed by atoms with Crippen LogP contribution in [0.4, 0.5) is 0 Å². The van der Waals surface area contributed by atoms with Gasteiger partial charge in [-0.3, -0.25) is 4.79 Å². The van der Waals surface area contributed by atoms with E-state index in [0.717, 1.165) is 5.56 Å². The summed E-state index contributed by atoms with van der Waals surface area (Å²) in [7, 11) is 0. The smallest absolute Gasteiger partial charge is 0.262 e. The van der Waals surface area contributed by atoms with E-state index in [9.17, 15) is 15.2 Å². The van der Waals surface area contributed by atoms with Gasteiger partial charge in [-0.2, -0.15) is 5.26 Å². The maximum atomic E-state index is 12.3. The number of amides is 1. The Bertz CT molecular complexity index is 829. The Morgan fingerprint density at radius 2 is 2.04 bits per heavy atom. The number of phenols is 1. The summed E-state index contributed by atoms with van der Waals surface area (Å²) in [5.41, 5.74) is 1.15. The third-order valence-electron chi connectivity index (χ3n) is 3.37. The molecule has 0 aliphatic heterocycles. The van der Waals surface area contributed by atoms with Crippen molar-refractivity contribution in [1.29, 1.82) is 5.26 Å². The van der Waals surface area contributed by atoms with E-state index in [2.05, 4.69) is 5.32 Å². The van der Waals surface area contributed by atoms with Crippen LogP contribution in [0.25, 0.3) is 6.08 Å². The summed E-state index contributed by atoms with van der Waals surface area (Å²) in [5, 5.41) is 22.5. The highest BCUT2D eigenvalue weighted by Gasteiger charge is 2.15. The summed E-state index contributed by atoms with van der Waals surface area (Å²) in [4.78, 5) is 12.3. The largest absolute Gasteiger partial charge is 0.506 e. The van der Waals surface area contributed by atoms with Crippen molar-refractivity contribution in [2.75, 3.05) is 0 Å². The molecule has 2 aromatic carbocycles. The molecule has 2 N–H and O–H groups in total. The van der Waals surface area contributed by atoms with Crippen molar-refractivity contribution in [2.45, 2.75) is 13.0 Å². The molecule has 0 heterocycles. The molecule has 1 atom stereocenters. The lowest BCUT2D eigenvalue weighted by Gasteiger charge is -2.14. The lowest BCUT2D eigenvalue weighted by molar-refractivity contribution is -0.117. The first-order chi connectivity index (χ1) is 11.4. The zero-order valence-electron chi connectivity index (χ0n) is 12.8. The fourth-order valence-electron chi connectivity index (χ4n) is 2.10. The van der Waals surface area contributed by atoms with Gasteiger partial charge >= 0.3 is 0 Å². The minimum Gasteiger partial charge on any atom is -0.506 e. The van der Waals surface area contributed by atoms with Gasteiger partial charge in [0.15, 0.2) is 0 Å². The second kappa shape index (κ2) is 8.18. The molecule has 0 saturated heterocycles. The van der Waals surface area contributed by atoms with Gasteiger partial charge < -0.3 is 10.4 Å². The predicted molar refractivity (Wildman–Crippen MR) is 102 cm³/mol. The van der Waals surface area contributed by atoms with Crippen LogP contribution < -0.4 is 5.32 Å². The summed E-state index contributed by atoms with van der Waals surface area (Å²) in [5.74, 6) is -0.528. The first-order valence-electron chi connectivity index (χ1n) is 7.08. The molecule has 0 aliphatic rings. The minimum absolute atomic E-state index is 0.0170. The van der Waals surface area contributed by atoms with Gasteiger partial charge in [0, 0.05) is 10.6 Å². The molecule has 2 aromatic rings. The monoisotopic (exact) mass is 452 g/mol. The minimum atomic E-state index is -0.511. The van der Waals surface area contributed by atoms with Crippen LogP contribution in [0.1, 0.15) is 24.1 Å². The van der Waals surface area contributed by atoms with Crippen LogP contribution >= 0.6 is 34.2 Å². The highest BCUT2D eigenvalue weighted by Crippen LogP contribution is 2.30. The highest BCUT2D eigenvalue weighted by molar-refractivity contribution is 14.1. The van der Waals surface area contributed by atoms with Crippen LogP contribution in [0.2, 0.25) is 5.02 Å². The normalized spacial score (nSPS) is 12.3. The van der Waals surface area contributed by atoms with Gasteiger partial charge in [0.1, 0.15) is 17.4 Å². The maximum absolute atomic E-state index is 12.3. The van der Waals surface area contributed by atoms with Gasteiger partial charge in [-0.25, -0.2) is 0 Å². The van der Waals surface area contributed by atoms with Crippen LogP contribution in [0.3, 0.4) is 0 Å². The summed E-state index contributed by atoms with van der Waals surface area (Å²) in [6.07, 6.45) is 1.33. The standard InChI is InChI=1S/C18H14ClIN2O2/c1-11(12-5-3-2-4-6-12)22-18(24)14(10-21)7-13-8-15(19)9-16(20)17(13)23/h2-9,11,23H,1H3,(H,22,24)/b14-7-/t11-/m0/s1. The molecule has 0 aliphatic carbocycles. The fraction of sp³-hybridized carbons (Fsp3) is 0.111. The van der Waals surface area contributed by atoms with Gasteiger partial charge in [-0.15, -0.1) is 0 Å². The summed E-state index contributed by atoms with van der Waals surface area (Å²) >= 11 is 7.90. The summed E-state index contributed by atoms with van der Waals surface area (Å²) in [6.45, 7) is 1.84. The average molecular weight is 453 g/mol. The first kappa shape index (κ1) is 18.3. The molecule has 0 aromatic heterocycles. The van der Waals surface area contributed by atoms with E-state index >= 15 is 0 Å². The quantitative estimate of drug-likeness (QED) is 0.409. The van der Waals surface area contributed by atoms with E-state index in [0.29, 0.717) is 14.2 Å². The maximum Gasteiger partial charge on any atom is 0.262 e. The van der Waals surface area contributed by atoms with Gasteiger partial charge in [0.2, 0.25) is 0 Å². The van der Waals surface area contributed by atoms with Gasteiger partial charge in [0.05, 0.1) is 9.61 Å². The number of aromatic hydroxyl groups is 1. The Morgan fingerprint density at radius 1 is 1.38 bits per heavy atom. The van der Waals surface area contributed by atoms with Crippen LogP contribution in [-0.2, 0) is 4.79 Å². The number of benzene rings is 2. The molecule has 0 bridgehead atoms. The Labute approximate surface area is 158 Å². The van der Waals surface area contributed by atoms with Crippen LogP contribution in [0.15, 0.2) is 48.0 Å². The predicted octanol–water partition coefficient (Wildman–Crippen LogP) is 4.43. The average Bonchev–Trinajstić information content (AvgIpc) is 2.57. The van der Waals surface area contributed by atoms with E-state index in [1.807, 2.05) is 65.9 Å². The Balaban J connectivity index is 2.25. The SMILES string of the molecule is C[C@H](NC(=O)/C(C#N)=C\c1cc(Cl)cc(I)c1O)c1ccccc1. The third-order valence-corrected chi connectivity index (χ3v) is 4.41. The second-order valence-electron chi connectivity index (χ2n) is 5.10. The number of hydrogen-bond acceptors (Lipinski definition) is 3. The zero-order chi connectivity index (χ0) is 17.7. The molecule has 6 heteroatoms. The van der Waals surface area contributed by atoms with E-state index in [-0.39, 0.29) is 17.4 Å². The number of carbonyl (C=O) groups is 1. The van der Waals surface area contributed by atoms with Crippen molar-refractivity contribution in [3.05, 3.63) is 67.8 Å². The molecule has 24 heavy (non-hydrogen) atoms. The van der Waals surface area contributed by atoms with Crippen molar-refractivity contribution in [2.24, 2.45) is 0 Å². The van der Waals surface area contributed by atoms with Crippen LogP contribution in [0.5, 0.6) is 5.75 Å². The molecule has 0 spiro atoms.